The Morgan fingerprint density at radius 1 is 1.30 bits per heavy atom. The third-order valence-electron chi connectivity index (χ3n) is 2.52. The molecule has 0 radical (unpaired) electrons. The number of carbonyl (C=O) groups excluding carboxylic acids is 2. The van der Waals surface area contributed by atoms with Crippen LogP contribution < -0.4 is 16.6 Å². The summed E-state index contributed by atoms with van der Waals surface area (Å²) in [4.78, 5) is 48.7. The van der Waals surface area contributed by atoms with Gasteiger partial charge in [-0.15, -0.1) is 0 Å². The lowest BCUT2D eigenvalue weighted by Gasteiger charge is -2.20. The lowest BCUT2D eigenvalue weighted by Crippen LogP contribution is -2.43. The molecule has 7 nitrogen and oxygen atoms in total. The first-order valence-electron chi connectivity index (χ1n) is 6.26. The minimum absolute atomic E-state index is 0.0123. The van der Waals surface area contributed by atoms with Gasteiger partial charge in [-0.1, -0.05) is 0 Å². The van der Waals surface area contributed by atoms with Crippen LogP contribution in [0, 0.1) is 0 Å². The largest absolute Gasteiger partial charge is 0.351 e. The molecular formula is C13H19N3O4. The van der Waals surface area contributed by atoms with E-state index in [4.69, 9.17) is 0 Å². The topological polar surface area (TPSA) is 101 Å². The van der Waals surface area contributed by atoms with Crippen LogP contribution in [0.3, 0.4) is 0 Å². The maximum absolute atomic E-state index is 11.9. The summed E-state index contributed by atoms with van der Waals surface area (Å²) in [5.74, 6) is -0.698. The number of aromatic nitrogens is 2. The van der Waals surface area contributed by atoms with Gasteiger partial charge in [0.25, 0.3) is 5.56 Å². The van der Waals surface area contributed by atoms with E-state index in [0.29, 0.717) is 0 Å². The molecule has 1 heterocycles. The maximum Gasteiger partial charge on any atom is 0.328 e. The molecule has 0 fully saturated rings. The molecule has 0 aliphatic carbocycles. The predicted molar refractivity (Wildman–Crippen MR) is 73.8 cm³/mol. The van der Waals surface area contributed by atoms with Gasteiger partial charge >= 0.3 is 5.69 Å². The molecule has 1 aromatic heterocycles. The highest BCUT2D eigenvalue weighted by Crippen LogP contribution is 1.99. The molecular weight excluding hydrogens is 262 g/mol. The molecule has 0 atom stereocenters. The molecule has 0 spiro atoms. The smallest absolute Gasteiger partial charge is 0.328 e. The Kier molecular flexibility index (Phi) is 4.65. The molecule has 1 amide bonds. The minimum atomic E-state index is -0.676. The SMILES string of the molecule is CC(=O)c1c[nH]c(=O)n(CCC(=O)NC(C)(C)C)c1=O. The summed E-state index contributed by atoms with van der Waals surface area (Å²) in [5, 5.41) is 2.73. The number of rotatable bonds is 4. The van der Waals surface area contributed by atoms with Crippen LogP contribution in [0.5, 0.6) is 0 Å². The molecule has 1 rings (SSSR count). The number of H-pyrrole nitrogens is 1. The molecule has 110 valence electrons. The average molecular weight is 281 g/mol. The zero-order valence-corrected chi connectivity index (χ0v) is 12.1. The van der Waals surface area contributed by atoms with Crippen molar-refractivity contribution >= 4 is 11.7 Å². The molecule has 2 N–H and O–H groups in total. The molecule has 0 aliphatic rings. The van der Waals surface area contributed by atoms with E-state index in [1.165, 1.54) is 6.92 Å². The van der Waals surface area contributed by atoms with Crippen molar-refractivity contribution in [1.82, 2.24) is 14.9 Å². The lowest BCUT2D eigenvalue weighted by atomic mass is 10.1. The zero-order valence-electron chi connectivity index (χ0n) is 12.1. The average Bonchev–Trinajstić information content (AvgIpc) is 2.25. The summed E-state index contributed by atoms with van der Waals surface area (Å²) < 4.78 is 0.860. The second-order valence-corrected chi connectivity index (χ2v) is 5.57. The highest BCUT2D eigenvalue weighted by Gasteiger charge is 2.15. The van der Waals surface area contributed by atoms with Crippen LogP contribution in [0.4, 0.5) is 0 Å². The van der Waals surface area contributed by atoms with E-state index in [2.05, 4.69) is 10.3 Å². The van der Waals surface area contributed by atoms with Crippen molar-refractivity contribution < 1.29 is 9.59 Å². The van der Waals surface area contributed by atoms with Crippen molar-refractivity contribution in [1.29, 1.82) is 0 Å². The van der Waals surface area contributed by atoms with Gasteiger partial charge in [-0.05, 0) is 27.7 Å². The van der Waals surface area contributed by atoms with Gasteiger partial charge in [0.05, 0.1) is 5.56 Å². The van der Waals surface area contributed by atoms with Crippen LogP contribution in [0.1, 0.15) is 44.5 Å². The van der Waals surface area contributed by atoms with E-state index in [9.17, 15) is 19.2 Å². The first kappa shape index (κ1) is 15.9. The number of nitrogens with one attached hydrogen (secondary N) is 2. The third kappa shape index (κ3) is 4.18. The number of Topliss-reactive ketones (excluding diaryl/α,β-unsaturated/α-hetero) is 1. The Labute approximate surface area is 116 Å². The third-order valence-corrected chi connectivity index (χ3v) is 2.52. The van der Waals surface area contributed by atoms with Crippen molar-refractivity contribution in [2.75, 3.05) is 0 Å². The summed E-state index contributed by atoms with van der Waals surface area (Å²) >= 11 is 0. The molecule has 0 aromatic carbocycles. The molecule has 7 heteroatoms. The van der Waals surface area contributed by atoms with Crippen LogP contribution in [-0.2, 0) is 11.3 Å². The second-order valence-electron chi connectivity index (χ2n) is 5.57. The number of amides is 1. The Bertz CT molecular complexity index is 634. The van der Waals surface area contributed by atoms with Gasteiger partial charge in [-0.2, -0.15) is 0 Å². The molecule has 0 aliphatic heterocycles. The number of ketones is 1. The first-order valence-corrected chi connectivity index (χ1v) is 6.26. The standard InChI is InChI=1S/C13H19N3O4/c1-8(17)9-7-14-12(20)16(11(9)19)6-5-10(18)15-13(2,3)4/h7H,5-6H2,1-4H3,(H,14,20)(H,15,18). The van der Waals surface area contributed by atoms with Gasteiger partial charge in [0, 0.05) is 24.7 Å². The van der Waals surface area contributed by atoms with E-state index in [-0.39, 0.29) is 30.0 Å². The zero-order chi connectivity index (χ0) is 15.5. The summed E-state index contributed by atoms with van der Waals surface area (Å²) in [5.41, 5.74) is -1.79. The number of carbonyl (C=O) groups is 2. The Morgan fingerprint density at radius 2 is 1.90 bits per heavy atom. The van der Waals surface area contributed by atoms with E-state index in [0.717, 1.165) is 10.8 Å². The summed E-state index contributed by atoms with van der Waals surface area (Å²) in [6.45, 7) is 6.67. The van der Waals surface area contributed by atoms with Crippen LogP contribution in [-0.4, -0.2) is 26.8 Å². The van der Waals surface area contributed by atoms with E-state index in [1.54, 1.807) is 0 Å². The molecule has 0 bridgehead atoms. The van der Waals surface area contributed by atoms with Gasteiger partial charge in [0.1, 0.15) is 0 Å². The number of aromatic amines is 1. The predicted octanol–water partition coefficient (Wildman–Crippen LogP) is 0.0440. The highest BCUT2D eigenvalue weighted by molar-refractivity contribution is 5.93. The fourth-order valence-corrected chi connectivity index (χ4v) is 1.66. The minimum Gasteiger partial charge on any atom is -0.351 e. The van der Waals surface area contributed by atoms with Gasteiger partial charge in [0.15, 0.2) is 5.78 Å². The number of hydrogen-bond donors (Lipinski definition) is 2. The lowest BCUT2D eigenvalue weighted by molar-refractivity contribution is -0.122. The van der Waals surface area contributed by atoms with Crippen LogP contribution >= 0.6 is 0 Å². The second kappa shape index (κ2) is 5.85. The maximum atomic E-state index is 11.9. The van der Waals surface area contributed by atoms with Gasteiger partial charge in [0.2, 0.25) is 5.91 Å². The van der Waals surface area contributed by atoms with E-state index < -0.39 is 17.0 Å². The van der Waals surface area contributed by atoms with Crippen LogP contribution in [0.25, 0.3) is 0 Å². The molecule has 0 saturated carbocycles. The van der Waals surface area contributed by atoms with Gasteiger partial charge < -0.3 is 10.3 Å². The molecule has 0 unspecified atom stereocenters. The van der Waals surface area contributed by atoms with Crippen molar-refractivity contribution in [3.05, 3.63) is 32.6 Å². The summed E-state index contributed by atoms with van der Waals surface area (Å²) in [6, 6.07) is 0. The highest BCUT2D eigenvalue weighted by atomic mass is 16.2. The van der Waals surface area contributed by atoms with Crippen LogP contribution in [0.2, 0.25) is 0 Å². The summed E-state index contributed by atoms with van der Waals surface area (Å²) in [7, 11) is 0. The number of hydrogen-bond acceptors (Lipinski definition) is 4. The normalized spacial score (nSPS) is 11.2. The first-order chi connectivity index (χ1) is 9.11. The summed E-state index contributed by atoms with van der Waals surface area (Å²) in [6.07, 6.45) is 1.08. The van der Waals surface area contributed by atoms with Crippen LogP contribution in [0.15, 0.2) is 15.8 Å². The molecule has 1 aromatic rings. The quantitative estimate of drug-likeness (QED) is 0.761. The van der Waals surface area contributed by atoms with Gasteiger partial charge in [-0.3, -0.25) is 19.0 Å². The fraction of sp³-hybridized carbons (Fsp3) is 0.538. The fourth-order valence-electron chi connectivity index (χ4n) is 1.66. The molecule has 0 saturated heterocycles. The van der Waals surface area contributed by atoms with Gasteiger partial charge in [-0.25, -0.2) is 4.79 Å². The monoisotopic (exact) mass is 281 g/mol. The van der Waals surface area contributed by atoms with Crippen molar-refractivity contribution in [3.8, 4) is 0 Å². The van der Waals surface area contributed by atoms with E-state index in [1.807, 2.05) is 20.8 Å². The Morgan fingerprint density at radius 3 is 2.40 bits per heavy atom. The van der Waals surface area contributed by atoms with Crippen molar-refractivity contribution in [2.24, 2.45) is 0 Å². The molecule has 20 heavy (non-hydrogen) atoms. The number of nitrogens with zero attached hydrogens (tertiary/aromatic N) is 1. The van der Waals surface area contributed by atoms with E-state index >= 15 is 0 Å². The Hall–Kier alpha value is -2.18. The van der Waals surface area contributed by atoms with Crippen molar-refractivity contribution in [2.45, 2.75) is 46.2 Å². The van der Waals surface area contributed by atoms with Crippen molar-refractivity contribution in [3.63, 3.8) is 0 Å². The Balaban J connectivity index is 2.92.